The molecule has 1 aliphatic rings. The first kappa shape index (κ1) is 16.4. The number of nitrogens with zero attached hydrogens (tertiary/aromatic N) is 1. The van der Waals surface area contributed by atoms with Crippen molar-refractivity contribution < 1.29 is 31.2 Å². The molecule has 3 rings (SSSR count). The van der Waals surface area contributed by atoms with E-state index in [0.29, 0.717) is 13.0 Å². The molecule has 150 valence electrons. The maximum Gasteiger partial charge on any atom is 0.260 e. The summed E-state index contributed by atoms with van der Waals surface area (Å²) in [5.41, 5.74) is -0.304. The van der Waals surface area contributed by atoms with E-state index >= 15 is 0 Å². The fourth-order valence-corrected chi connectivity index (χ4v) is 3.94. The van der Waals surface area contributed by atoms with Crippen LogP contribution in [0, 0.1) is 12.7 Å². The van der Waals surface area contributed by atoms with E-state index in [1.165, 1.54) is 13.0 Å². The lowest BCUT2D eigenvalue weighted by Gasteiger charge is -2.14. The second-order valence-electron chi connectivity index (χ2n) is 6.16. The summed E-state index contributed by atoms with van der Waals surface area (Å²) in [6.45, 7) is 2.05. The molecule has 1 atom stereocenters. The number of aromatic nitrogens is 1. The number of halogens is 1. The molecular weight excluding hydrogens is 389 g/mol. The Balaban J connectivity index is 1.94. The highest BCUT2D eigenvalue weighted by atomic mass is 32.2. The maximum absolute atomic E-state index is 13.4. The molecule has 1 saturated heterocycles. The molecule has 10 heteroatoms. The zero-order chi connectivity index (χ0) is 22.8. The van der Waals surface area contributed by atoms with Crippen LogP contribution < -0.4 is 14.8 Å². The number of aryl methyl sites for hydroxylation is 1. The number of amides is 1. The number of sulfonamides is 1. The molecule has 1 aliphatic heterocycles. The minimum absolute atomic E-state index is 0.00165. The molecule has 8 nitrogen and oxygen atoms in total. The first-order chi connectivity index (χ1) is 14.4. The topological polar surface area (TPSA) is 107 Å². The summed E-state index contributed by atoms with van der Waals surface area (Å²) in [4.78, 5) is 16.4. The molecule has 28 heavy (non-hydrogen) atoms. The summed E-state index contributed by atoms with van der Waals surface area (Å²) >= 11 is 0. The van der Waals surface area contributed by atoms with E-state index in [-0.39, 0.29) is 34.3 Å². The van der Waals surface area contributed by atoms with Crippen LogP contribution in [-0.4, -0.2) is 45.6 Å². The summed E-state index contributed by atoms with van der Waals surface area (Å²) < 4.78 is 73.2. The van der Waals surface area contributed by atoms with Crippen molar-refractivity contribution in [1.29, 1.82) is 0 Å². The van der Waals surface area contributed by atoms with Crippen LogP contribution in [0.3, 0.4) is 0 Å². The third kappa shape index (κ3) is 4.46. The van der Waals surface area contributed by atoms with Crippen molar-refractivity contribution in [3.63, 3.8) is 0 Å². The zero-order valence-corrected chi connectivity index (χ0v) is 15.7. The number of anilines is 1. The number of hydrogen-bond acceptors (Lipinski definition) is 6. The first-order valence-corrected chi connectivity index (χ1v) is 9.80. The number of methoxy groups -OCH3 is 1. The Morgan fingerprint density at radius 1 is 1.39 bits per heavy atom. The normalized spacial score (nSPS) is 18.8. The van der Waals surface area contributed by atoms with E-state index in [0.717, 1.165) is 24.3 Å². The lowest BCUT2D eigenvalue weighted by atomic mass is 10.2. The number of pyridine rings is 1. The highest BCUT2D eigenvalue weighted by molar-refractivity contribution is 7.89. The molecule has 0 bridgehead atoms. The van der Waals surface area contributed by atoms with E-state index < -0.39 is 34.8 Å². The summed E-state index contributed by atoms with van der Waals surface area (Å²) in [6.07, 6.45) is 0.502. The molecule has 1 aromatic carbocycles. The SMILES string of the molecule is [2H]C([2H])([2H])Oc1ccc(S(=O)(=O)NC2CCOC2)cc1C(=O)Nc1ccc(F)c(C)n1. The molecule has 0 radical (unpaired) electrons. The number of nitrogens with one attached hydrogen (secondary N) is 2. The Hall–Kier alpha value is -2.56. The van der Waals surface area contributed by atoms with Gasteiger partial charge in [-0.1, -0.05) is 0 Å². The molecule has 1 fully saturated rings. The lowest BCUT2D eigenvalue weighted by Crippen LogP contribution is -2.35. The van der Waals surface area contributed by atoms with Crippen LogP contribution in [0.1, 0.15) is 26.6 Å². The van der Waals surface area contributed by atoms with Crippen molar-refractivity contribution in [2.24, 2.45) is 0 Å². The average Bonchev–Trinajstić information content (AvgIpc) is 3.16. The second-order valence-corrected chi connectivity index (χ2v) is 7.87. The van der Waals surface area contributed by atoms with Gasteiger partial charge in [-0.25, -0.2) is 22.5 Å². The van der Waals surface area contributed by atoms with Crippen molar-refractivity contribution in [3.8, 4) is 5.75 Å². The number of ether oxygens (including phenoxy) is 2. The van der Waals surface area contributed by atoms with Gasteiger partial charge in [-0.05, 0) is 43.7 Å². The summed E-state index contributed by atoms with van der Waals surface area (Å²) in [5.74, 6) is -1.80. The number of benzene rings is 1. The molecule has 2 aromatic rings. The third-order valence-corrected chi connectivity index (χ3v) is 5.65. The number of carbonyl (C=O) groups is 1. The fourth-order valence-electron chi connectivity index (χ4n) is 2.65. The van der Waals surface area contributed by atoms with Crippen molar-refractivity contribution in [2.45, 2.75) is 24.3 Å². The predicted octanol–water partition coefficient (Wildman–Crippen LogP) is 1.86. The van der Waals surface area contributed by atoms with Crippen LogP contribution in [-0.2, 0) is 14.8 Å². The quantitative estimate of drug-likeness (QED) is 0.750. The Kier molecular flexibility index (Phi) is 4.81. The molecule has 1 aromatic heterocycles. The Labute approximate surface area is 166 Å². The largest absolute Gasteiger partial charge is 0.496 e. The van der Waals surface area contributed by atoms with Gasteiger partial charge in [0.1, 0.15) is 17.4 Å². The number of rotatable bonds is 6. The first-order valence-electron chi connectivity index (χ1n) is 9.82. The molecule has 0 saturated carbocycles. The van der Waals surface area contributed by atoms with Gasteiger partial charge in [0.05, 0.1) is 33.9 Å². The second kappa shape index (κ2) is 8.21. The van der Waals surface area contributed by atoms with Gasteiger partial charge in [-0.3, -0.25) is 4.79 Å². The van der Waals surface area contributed by atoms with Crippen LogP contribution in [0.25, 0.3) is 0 Å². The maximum atomic E-state index is 13.4. The Morgan fingerprint density at radius 3 is 2.89 bits per heavy atom. The van der Waals surface area contributed by atoms with Crippen LogP contribution >= 0.6 is 0 Å². The van der Waals surface area contributed by atoms with Gasteiger partial charge in [-0.2, -0.15) is 0 Å². The van der Waals surface area contributed by atoms with Crippen LogP contribution in [0.4, 0.5) is 10.2 Å². The van der Waals surface area contributed by atoms with Crippen LogP contribution in [0.2, 0.25) is 0 Å². The van der Waals surface area contributed by atoms with Crippen LogP contribution in [0.5, 0.6) is 5.75 Å². The summed E-state index contributed by atoms with van der Waals surface area (Å²) in [7, 11) is -6.89. The molecule has 2 N–H and O–H groups in total. The van der Waals surface area contributed by atoms with Gasteiger partial charge >= 0.3 is 0 Å². The van der Waals surface area contributed by atoms with E-state index in [9.17, 15) is 17.6 Å². The lowest BCUT2D eigenvalue weighted by molar-refractivity contribution is 0.102. The molecule has 0 spiro atoms. The zero-order valence-electron chi connectivity index (χ0n) is 17.9. The average molecular weight is 412 g/mol. The smallest absolute Gasteiger partial charge is 0.260 e. The molecule has 1 unspecified atom stereocenters. The molecule has 0 aliphatic carbocycles. The minimum Gasteiger partial charge on any atom is -0.496 e. The Morgan fingerprint density at radius 2 is 2.21 bits per heavy atom. The number of carbonyl (C=O) groups excluding carboxylic acids is 1. The van der Waals surface area contributed by atoms with Gasteiger partial charge < -0.3 is 14.8 Å². The number of hydrogen-bond donors (Lipinski definition) is 2. The standard InChI is InChI=1S/C18H20FN3O5S/c1-11-15(19)4-6-17(20-11)21-18(23)14-9-13(3-5-16(14)26-2)28(24,25)22-12-7-8-27-10-12/h3-6,9,12,22H,7-8,10H2,1-2H3,(H,20,21,23)/i2D3. The van der Waals surface area contributed by atoms with Gasteiger partial charge in [-0.15, -0.1) is 0 Å². The molecular formula is C18H20FN3O5S. The van der Waals surface area contributed by atoms with Crippen molar-refractivity contribution in [2.75, 3.05) is 25.6 Å². The predicted molar refractivity (Wildman–Crippen MR) is 99.4 cm³/mol. The Bertz CT molecular complexity index is 1090. The van der Waals surface area contributed by atoms with Gasteiger partial charge in [0.25, 0.3) is 5.91 Å². The third-order valence-electron chi connectivity index (χ3n) is 4.13. The molecule has 2 heterocycles. The highest BCUT2D eigenvalue weighted by Crippen LogP contribution is 2.24. The van der Waals surface area contributed by atoms with E-state index in [2.05, 4.69) is 15.0 Å². The van der Waals surface area contributed by atoms with E-state index in [1.807, 2.05) is 0 Å². The van der Waals surface area contributed by atoms with Gasteiger partial charge in [0, 0.05) is 12.6 Å². The highest BCUT2D eigenvalue weighted by Gasteiger charge is 2.25. The summed E-state index contributed by atoms with van der Waals surface area (Å²) in [5, 5.41) is 2.39. The van der Waals surface area contributed by atoms with Crippen molar-refractivity contribution in [3.05, 3.63) is 47.4 Å². The van der Waals surface area contributed by atoms with Gasteiger partial charge in [0.2, 0.25) is 10.0 Å². The summed E-state index contributed by atoms with van der Waals surface area (Å²) in [6, 6.07) is 5.14. The van der Waals surface area contributed by atoms with Crippen LogP contribution in [0.15, 0.2) is 35.2 Å². The molecule has 1 amide bonds. The van der Waals surface area contributed by atoms with E-state index in [4.69, 9.17) is 13.6 Å². The van der Waals surface area contributed by atoms with Crippen molar-refractivity contribution >= 4 is 21.7 Å². The minimum atomic E-state index is -4.02. The van der Waals surface area contributed by atoms with Gasteiger partial charge in [0.15, 0.2) is 0 Å². The fraction of sp³-hybridized carbons (Fsp3) is 0.333. The van der Waals surface area contributed by atoms with E-state index in [1.54, 1.807) is 0 Å². The monoisotopic (exact) mass is 412 g/mol. The van der Waals surface area contributed by atoms with Crippen molar-refractivity contribution in [1.82, 2.24) is 9.71 Å².